The molecule has 1 saturated carbocycles. The minimum Gasteiger partial charge on any atom is -0.465 e. The molecule has 0 radical (unpaired) electrons. The van der Waals surface area contributed by atoms with E-state index in [1.807, 2.05) is 23.5 Å². The van der Waals surface area contributed by atoms with E-state index < -0.39 is 27.8 Å². The molecular weight excluding hydrogens is 603 g/mol. The van der Waals surface area contributed by atoms with Gasteiger partial charge in [-0.3, -0.25) is 19.2 Å². The Kier molecular flexibility index (Phi) is 9.35. The number of carbonyl (C=O) groups is 3. The first kappa shape index (κ1) is 31.9. The van der Waals surface area contributed by atoms with Crippen molar-refractivity contribution < 1.29 is 41.5 Å². The Morgan fingerprint density at radius 3 is 2.44 bits per heavy atom. The van der Waals surface area contributed by atoms with Crippen LogP contribution in [0.4, 0.5) is 14.9 Å². The molecule has 1 heterocycles. The second-order valence-corrected chi connectivity index (χ2v) is 13.0. The first-order valence-electron chi connectivity index (χ1n) is 14.5. The van der Waals surface area contributed by atoms with Gasteiger partial charge in [0.25, 0.3) is 5.91 Å². The highest BCUT2D eigenvalue weighted by Gasteiger charge is 2.33. The topological polar surface area (TPSA) is 143 Å². The number of nitrogens with zero attached hydrogens (tertiary/aromatic N) is 1. The summed E-state index contributed by atoms with van der Waals surface area (Å²) < 4.78 is 52.9. The number of Topliss-reactive ketones (excluding diaryl/α,β-unsaturated/α-hetero) is 1. The Morgan fingerprint density at radius 2 is 1.80 bits per heavy atom. The van der Waals surface area contributed by atoms with E-state index in [2.05, 4.69) is 0 Å². The highest BCUT2D eigenvalue weighted by molar-refractivity contribution is 7.92. The number of rotatable bonds is 13. The third kappa shape index (κ3) is 7.58. The van der Waals surface area contributed by atoms with Gasteiger partial charge in [0.2, 0.25) is 10.0 Å². The van der Waals surface area contributed by atoms with Gasteiger partial charge in [0, 0.05) is 29.2 Å². The Labute approximate surface area is 259 Å². The Hall–Kier alpha value is -4.55. The first-order chi connectivity index (χ1) is 21.4. The molecule has 12 heteroatoms. The van der Waals surface area contributed by atoms with Crippen molar-refractivity contribution in [1.82, 2.24) is 5.32 Å². The summed E-state index contributed by atoms with van der Waals surface area (Å²) in [6, 6.07) is 15.9. The minimum atomic E-state index is -3.77. The normalized spacial score (nSPS) is 13.1. The molecule has 2 N–H and O–H groups in total. The second-order valence-electron chi connectivity index (χ2n) is 11.1. The predicted molar refractivity (Wildman–Crippen MR) is 167 cm³/mol. The van der Waals surface area contributed by atoms with E-state index in [0.29, 0.717) is 47.2 Å². The number of nitrogens with one attached hydrogen (secondary N) is 1. The number of aryl methyl sites for hydroxylation is 1. The van der Waals surface area contributed by atoms with Crippen LogP contribution >= 0.6 is 0 Å². The lowest BCUT2D eigenvalue weighted by Crippen LogP contribution is -2.34. The average Bonchev–Trinajstić information content (AvgIpc) is 3.75. The molecule has 4 aromatic rings. The van der Waals surface area contributed by atoms with Crippen molar-refractivity contribution >= 4 is 44.5 Å². The number of anilines is 1. The van der Waals surface area contributed by atoms with Gasteiger partial charge in [-0.05, 0) is 86.1 Å². The van der Waals surface area contributed by atoms with Gasteiger partial charge in [-0.1, -0.05) is 18.2 Å². The van der Waals surface area contributed by atoms with E-state index in [-0.39, 0.29) is 41.8 Å². The Balaban J connectivity index is 1.41. The summed E-state index contributed by atoms with van der Waals surface area (Å²) in [6.07, 6.45) is 2.57. The van der Waals surface area contributed by atoms with Crippen molar-refractivity contribution in [3.8, 4) is 11.3 Å². The molecule has 3 aromatic carbocycles. The molecule has 1 fully saturated rings. The number of amides is 2. The fourth-order valence-corrected chi connectivity index (χ4v) is 6.24. The monoisotopic (exact) mass is 636 g/mol. The number of ether oxygens (including phenoxy) is 1. The van der Waals surface area contributed by atoms with Crippen LogP contribution < -0.4 is 9.62 Å². The zero-order chi connectivity index (χ0) is 32.3. The van der Waals surface area contributed by atoms with Crippen molar-refractivity contribution in [2.75, 3.05) is 30.3 Å². The van der Waals surface area contributed by atoms with Crippen LogP contribution in [0.1, 0.15) is 63.9 Å². The quantitative estimate of drug-likeness (QED) is 0.132. The fraction of sp³-hybridized carbons (Fsp3) is 0.303. The maximum Gasteiger partial charge on any atom is 0.411 e. The zero-order valence-electron chi connectivity index (χ0n) is 24.8. The summed E-state index contributed by atoms with van der Waals surface area (Å²) in [5.41, 5.74) is 3.22. The number of halogens is 1. The number of furan rings is 1. The number of hydrogen-bond donors (Lipinski definition) is 2. The van der Waals surface area contributed by atoms with Crippen LogP contribution in [0.25, 0.3) is 22.3 Å². The lowest BCUT2D eigenvalue weighted by Gasteiger charge is -2.25. The number of fused-ring (bicyclic) bond motifs is 1. The maximum absolute atomic E-state index is 13.7. The number of sulfonamides is 1. The second kappa shape index (κ2) is 13.2. The van der Waals surface area contributed by atoms with Gasteiger partial charge >= 0.3 is 6.09 Å². The maximum atomic E-state index is 13.7. The molecular formula is C33H33FN2O8S. The largest absolute Gasteiger partial charge is 0.465 e. The lowest BCUT2D eigenvalue weighted by atomic mass is 10.0. The third-order valence-electron chi connectivity index (χ3n) is 7.60. The highest BCUT2D eigenvalue weighted by Crippen LogP contribution is 2.48. The highest BCUT2D eigenvalue weighted by atomic mass is 32.2. The van der Waals surface area contributed by atoms with E-state index >= 15 is 0 Å². The van der Waals surface area contributed by atoms with Crippen LogP contribution in [0.3, 0.4) is 0 Å². The van der Waals surface area contributed by atoms with Crippen molar-refractivity contribution in [1.29, 1.82) is 0 Å². The van der Waals surface area contributed by atoms with Gasteiger partial charge < -0.3 is 14.3 Å². The van der Waals surface area contributed by atoms with Crippen LogP contribution in [-0.2, 0) is 21.2 Å². The number of benzene rings is 3. The van der Waals surface area contributed by atoms with Gasteiger partial charge in [0.05, 0.1) is 30.7 Å². The third-order valence-corrected chi connectivity index (χ3v) is 8.78. The summed E-state index contributed by atoms with van der Waals surface area (Å²) in [6.45, 7) is 2.06. The molecule has 10 nitrogen and oxygen atoms in total. The van der Waals surface area contributed by atoms with Crippen molar-refractivity contribution in [2.45, 2.75) is 38.5 Å². The van der Waals surface area contributed by atoms with Crippen LogP contribution in [-0.4, -0.2) is 57.3 Å². The summed E-state index contributed by atoms with van der Waals surface area (Å²) in [5, 5.41) is 11.4. The summed E-state index contributed by atoms with van der Waals surface area (Å²) in [4.78, 5) is 36.0. The zero-order valence-corrected chi connectivity index (χ0v) is 25.7. The van der Waals surface area contributed by atoms with Crippen LogP contribution in [0.2, 0.25) is 0 Å². The van der Waals surface area contributed by atoms with Crippen LogP contribution in [0.5, 0.6) is 0 Å². The molecule has 0 aliphatic heterocycles. The number of ketones is 1. The smallest absolute Gasteiger partial charge is 0.411 e. The Bertz CT molecular complexity index is 1860. The van der Waals surface area contributed by atoms with Gasteiger partial charge in [0.1, 0.15) is 17.2 Å². The van der Waals surface area contributed by atoms with E-state index in [1.54, 1.807) is 18.2 Å². The summed E-state index contributed by atoms with van der Waals surface area (Å²) in [5.74, 6) is -1.35. The average molecular weight is 637 g/mol. The molecule has 0 atom stereocenters. The van der Waals surface area contributed by atoms with Crippen molar-refractivity contribution in [2.24, 2.45) is 0 Å². The van der Waals surface area contributed by atoms with Crippen molar-refractivity contribution in [3.05, 3.63) is 88.7 Å². The number of hydrogen-bond acceptors (Lipinski definition) is 7. The number of imide groups is 1. The lowest BCUT2D eigenvalue weighted by molar-refractivity contribution is 0.0948. The van der Waals surface area contributed by atoms with E-state index in [9.17, 15) is 32.3 Å². The fourth-order valence-electron chi connectivity index (χ4n) is 5.31. The standard InChI is InChI=1S/C33H33FN2O8S/c1-20(37)24-7-3-5-21(17-24)6-4-15-43-16-14-36(45(2,41)42)28-19-29-27(18-26(28)22-8-9-22)30(32(38)35-33(39)40)31(44-29)23-10-12-25(34)13-11-23/h3,5,7,10-13,17-19,22H,4,6,8-9,14-16H2,1-2H3,(H,35,38)(H,39,40). The van der Waals surface area contributed by atoms with Gasteiger partial charge in [-0.25, -0.2) is 17.6 Å². The first-order valence-corrected chi connectivity index (χ1v) is 16.3. The molecule has 5 rings (SSSR count). The van der Waals surface area contributed by atoms with E-state index in [1.165, 1.54) is 35.5 Å². The van der Waals surface area contributed by atoms with E-state index in [4.69, 9.17) is 9.15 Å². The molecule has 0 spiro atoms. The van der Waals surface area contributed by atoms with Gasteiger partial charge in [-0.2, -0.15) is 0 Å². The SMILES string of the molecule is CC(=O)c1cccc(CCCOCCN(c2cc3oc(-c4ccc(F)cc4)c(C(=O)NC(=O)O)c3cc2C2CC2)S(C)(=O)=O)c1. The molecule has 236 valence electrons. The molecule has 0 bridgehead atoms. The summed E-state index contributed by atoms with van der Waals surface area (Å²) >= 11 is 0. The van der Waals surface area contributed by atoms with Crippen LogP contribution in [0.15, 0.2) is 65.1 Å². The number of carboxylic acid groups (broad SMARTS) is 1. The molecule has 2 amide bonds. The van der Waals surface area contributed by atoms with E-state index in [0.717, 1.165) is 24.7 Å². The minimum absolute atomic E-state index is 0.00120. The predicted octanol–water partition coefficient (Wildman–Crippen LogP) is 6.14. The van der Waals surface area contributed by atoms with Crippen LogP contribution in [0, 0.1) is 5.82 Å². The Morgan fingerprint density at radius 1 is 1.07 bits per heavy atom. The molecule has 0 unspecified atom stereocenters. The summed E-state index contributed by atoms with van der Waals surface area (Å²) in [7, 11) is -3.77. The van der Waals surface area contributed by atoms with Gasteiger partial charge in [-0.15, -0.1) is 0 Å². The molecule has 1 aliphatic carbocycles. The van der Waals surface area contributed by atoms with Gasteiger partial charge in [0.15, 0.2) is 5.78 Å². The molecule has 0 saturated heterocycles. The molecule has 1 aromatic heterocycles. The van der Waals surface area contributed by atoms with Crippen molar-refractivity contribution in [3.63, 3.8) is 0 Å². The number of carbonyl (C=O) groups excluding carboxylic acids is 2. The molecule has 45 heavy (non-hydrogen) atoms. The molecule has 1 aliphatic rings.